The monoisotopic (exact) mass is 148 g/mol. The molecule has 0 saturated carbocycles. The van der Waals surface area contributed by atoms with E-state index in [1.54, 1.807) is 6.92 Å². The zero-order chi connectivity index (χ0) is 2.71. The summed E-state index contributed by atoms with van der Waals surface area (Å²) in [5.74, 6) is 0. The molecule has 2 heteroatoms. The van der Waals surface area contributed by atoms with Crippen molar-refractivity contribution in [1.29, 1.82) is 0 Å². The zero-order valence-corrected chi connectivity index (χ0v) is 6.12. The van der Waals surface area contributed by atoms with Gasteiger partial charge in [0.1, 0.15) is 0 Å². The van der Waals surface area contributed by atoms with E-state index in [0.29, 0.717) is 0 Å². The van der Waals surface area contributed by atoms with Crippen molar-refractivity contribution in [3.05, 3.63) is 12.7 Å². The molecular formula is C3H7OY-. The molecule has 0 aromatic heterocycles. The van der Waals surface area contributed by atoms with E-state index < -0.39 is 0 Å². The van der Waals surface area contributed by atoms with Crippen LogP contribution in [-0.4, -0.2) is 5.48 Å². The maximum atomic E-state index is 3.24. The summed E-state index contributed by atoms with van der Waals surface area (Å²) in [6.07, 6.45) is 2.50. The molecule has 0 heterocycles. The maximum absolute atomic E-state index is 3.24. The smallest absolute Gasteiger partial charge is 0 e. The zero-order valence-electron chi connectivity index (χ0n) is 3.28. The number of rotatable bonds is 0. The Morgan fingerprint density at radius 2 is 1.60 bits per heavy atom. The van der Waals surface area contributed by atoms with Gasteiger partial charge in [0.15, 0.2) is 0 Å². The third-order valence-electron chi connectivity index (χ3n) is 0. The summed E-state index contributed by atoms with van der Waals surface area (Å²) < 4.78 is 0. The van der Waals surface area contributed by atoms with Gasteiger partial charge in [0.05, 0.1) is 0 Å². The maximum Gasteiger partial charge on any atom is 0 e. The van der Waals surface area contributed by atoms with Crippen LogP contribution in [0.4, 0.5) is 0 Å². The molecule has 1 radical (unpaired) electrons. The molecule has 0 bridgehead atoms. The van der Waals surface area contributed by atoms with Gasteiger partial charge in [-0.3, -0.25) is 6.58 Å². The minimum Gasteiger partial charge on any atom is -0.507 e. The second-order valence-corrected chi connectivity index (χ2v) is 0.354. The Morgan fingerprint density at radius 3 is 1.60 bits per heavy atom. The quantitative estimate of drug-likeness (QED) is 0.438. The standard InChI is InChI=1S/C3H5.H2O.Y/c1-3-2;;/h1H2,2H3;1H2;/q-1;;. The van der Waals surface area contributed by atoms with E-state index in [2.05, 4.69) is 12.7 Å². The molecule has 0 saturated heterocycles. The SMILES string of the molecule is C=[C-]C.O.[Y]. The summed E-state index contributed by atoms with van der Waals surface area (Å²) in [4.78, 5) is 0. The number of hydrogen-bond acceptors (Lipinski definition) is 0. The Balaban J connectivity index is -0.0000000200. The van der Waals surface area contributed by atoms with Crippen LogP contribution in [0.15, 0.2) is 6.58 Å². The van der Waals surface area contributed by atoms with Crippen molar-refractivity contribution in [2.45, 2.75) is 6.92 Å². The van der Waals surface area contributed by atoms with E-state index in [1.807, 2.05) is 0 Å². The molecule has 0 aliphatic carbocycles. The molecule has 0 atom stereocenters. The summed E-state index contributed by atoms with van der Waals surface area (Å²) in [5.41, 5.74) is 0. The molecule has 0 fully saturated rings. The molecule has 5 heavy (non-hydrogen) atoms. The van der Waals surface area contributed by atoms with Crippen molar-refractivity contribution >= 4 is 0 Å². The second-order valence-electron chi connectivity index (χ2n) is 0.354. The first-order valence-electron chi connectivity index (χ1n) is 0.854. The summed E-state index contributed by atoms with van der Waals surface area (Å²) in [7, 11) is 0. The fourth-order valence-electron chi connectivity index (χ4n) is 0. The molecule has 0 amide bonds. The molecule has 2 N–H and O–H groups in total. The predicted molar refractivity (Wildman–Crippen MR) is 18.2 cm³/mol. The average molecular weight is 148 g/mol. The molecule has 0 aromatic carbocycles. The number of allylic oxidation sites excluding steroid dienone is 1. The average Bonchev–Trinajstić information content (AvgIpc) is 0.918. The Hall–Kier alpha value is 0.804. The Morgan fingerprint density at radius 1 is 1.60 bits per heavy atom. The first kappa shape index (κ1) is 17.0. The van der Waals surface area contributed by atoms with Crippen LogP contribution < -0.4 is 0 Å². The third kappa shape index (κ3) is 58.4. The van der Waals surface area contributed by atoms with Crippen LogP contribution in [0.5, 0.6) is 0 Å². The van der Waals surface area contributed by atoms with E-state index in [-0.39, 0.29) is 38.2 Å². The predicted octanol–water partition coefficient (Wildman–Crippen LogP) is 0.168. The Bertz CT molecular complexity index is 14.4. The van der Waals surface area contributed by atoms with E-state index in [9.17, 15) is 0 Å². The molecule has 1 nitrogen and oxygen atoms in total. The van der Waals surface area contributed by atoms with Gasteiger partial charge >= 0.3 is 0 Å². The van der Waals surface area contributed by atoms with Gasteiger partial charge in [-0.05, 0) is 0 Å². The third-order valence-corrected chi connectivity index (χ3v) is 0. The van der Waals surface area contributed by atoms with Crippen LogP contribution >= 0.6 is 0 Å². The van der Waals surface area contributed by atoms with Crippen LogP contribution in [-0.2, 0) is 32.7 Å². The molecule has 0 unspecified atom stereocenters. The van der Waals surface area contributed by atoms with E-state index >= 15 is 0 Å². The minimum absolute atomic E-state index is 0. The van der Waals surface area contributed by atoms with Crippen LogP contribution in [0.1, 0.15) is 6.92 Å². The largest absolute Gasteiger partial charge is 0.507 e. The second kappa shape index (κ2) is 21.4. The summed E-state index contributed by atoms with van der Waals surface area (Å²) in [6.45, 7) is 5.00. The van der Waals surface area contributed by atoms with Gasteiger partial charge in [-0.2, -0.15) is 6.92 Å². The van der Waals surface area contributed by atoms with Crippen molar-refractivity contribution in [3.63, 3.8) is 0 Å². The van der Waals surface area contributed by atoms with Crippen molar-refractivity contribution < 1.29 is 38.2 Å². The Kier molecular flexibility index (Phi) is 72.8. The molecule has 0 aromatic rings. The van der Waals surface area contributed by atoms with Gasteiger partial charge in [-0.15, -0.1) is 0 Å². The fraction of sp³-hybridized carbons (Fsp3) is 0.333. The van der Waals surface area contributed by atoms with Gasteiger partial charge < -0.3 is 11.6 Å². The van der Waals surface area contributed by atoms with Crippen molar-refractivity contribution in [3.8, 4) is 0 Å². The van der Waals surface area contributed by atoms with Crippen molar-refractivity contribution in [1.82, 2.24) is 0 Å². The molecular weight excluding hydrogens is 141 g/mol. The van der Waals surface area contributed by atoms with Crippen LogP contribution in [0.2, 0.25) is 0 Å². The molecule has 0 rings (SSSR count). The van der Waals surface area contributed by atoms with Gasteiger partial charge in [0.2, 0.25) is 0 Å². The van der Waals surface area contributed by atoms with Crippen LogP contribution in [0, 0.1) is 6.08 Å². The number of hydrogen-bond donors (Lipinski definition) is 0. The molecule has 0 spiro atoms. The van der Waals surface area contributed by atoms with Crippen molar-refractivity contribution in [2.75, 3.05) is 0 Å². The first-order chi connectivity index (χ1) is 1.41. The van der Waals surface area contributed by atoms with E-state index in [1.165, 1.54) is 0 Å². The van der Waals surface area contributed by atoms with Crippen molar-refractivity contribution in [2.24, 2.45) is 0 Å². The van der Waals surface area contributed by atoms with Crippen LogP contribution in [0.25, 0.3) is 0 Å². The summed E-state index contributed by atoms with van der Waals surface area (Å²) >= 11 is 0. The molecule has 0 aliphatic heterocycles. The van der Waals surface area contributed by atoms with E-state index in [4.69, 9.17) is 0 Å². The normalized spacial score (nSPS) is 2.60. The first-order valence-corrected chi connectivity index (χ1v) is 0.854. The van der Waals surface area contributed by atoms with Gasteiger partial charge in [-0.1, -0.05) is 0 Å². The molecule has 29 valence electrons. The molecule has 0 aliphatic rings. The topological polar surface area (TPSA) is 31.5 Å². The summed E-state index contributed by atoms with van der Waals surface area (Å²) in [6, 6.07) is 0. The summed E-state index contributed by atoms with van der Waals surface area (Å²) in [5, 5.41) is 0. The van der Waals surface area contributed by atoms with Crippen LogP contribution in [0.3, 0.4) is 0 Å². The fourth-order valence-corrected chi connectivity index (χ4v) is 0. The van der Waals surface area contributed by atoms with Gasteiger partial charge in [0.25, 0.3) is 0 Å². The Labute approximate surface area is 57.6 Å². The minimum atomic E-state index is 0. The van der Waals surface area contributed by atoms with E-state index in [0.717, 1.165) is 0 Å². The van der Waals surface area contributed by atoms with Gasteiger partial charge in [0, 0.05) is 32.7 Å². The van der Waals surface area contributed by atoms with Gasteiger partial charge in [-0.25, -0.2) is 0 Å².